The summed E-state index contributed by atoms with van der Waals surface area (Å²) < 4.78 is 0. The van der Waals surface area contributed by atoms with Crippen LogP contribution in [0.4, 0.5) is 0 Å². The molecule has 0 aliphatic heterocycles. The van der Waals surface area contributed by atoms with E-state index >= 15 is 0 Å². The molecule has 0 aromatic heterocycles. The molecule has 2 unspecified atom stereocenters. The fourth-order valence-electron chi connectivity index (χ4n) is 2.35. The number of rotatable bonds is 0. The monoisotopic (exact) mass is 145 g/mol. The Morgan fingerprint density at radius 3 is 3.00 bits per heavy atom. The van der Waals surface area contributed by atoms with E-state index in [4.69, 9.17) is 5.73 Å². The van der Waals surface area contributed by atoms with E-state index in [1.54, 1.807) is 0 Å². The van der Waals surface area contributed by atoms with Gasteiger partial charge in [-0.05, 0) is 29.9 Å². The van der Waals surface area contributed by atoms with Crippen molar-refractivity contribution in [2.24, 2.45) is 11.7 Å². The van der Waals surface area contributed by atoms with E-state index in [0.29, 0.717) is 0 Å². The summed E-state index contributed by atoms with van der Waals surface area (Å²) in [4.78, 5) is 0. The molecule has 0 radical (unpaired) electrons. The van der Waals surface area contributed by atoms with Gasteiger partial charge in [0.25, 0.3) is 0 Å². The van der Waals surface area contributed by atoms with Crippen LogP contribution in [0, 0.1) is 5.92 Å². The van der Waals surface area contributed by atoms with Gasteiger partial charge in [0, 0.05) is 5.54 Å². The molecule has 56 valence electrons. The molecule has 1 aromatic rings. The molecule has 2 aliphatic carbocycles. The minimum atomic E-state index is 0.0938. The van der Waals surface area contributed by atoms with Crippen molar-refractivity contribution in [2.45, 2.75) is 18.4 Å². The molecule has 1 nitrogen and oxygen atoms in total. The second-order valence-electron chi connectivity index (χ2n) is 3.80. The van der Waals surface area contributed by atoms with Crippen LogP contribution in [0.3, 0.4) is 0 Å². The van der Waals surface area contributed by atoms with Gasteiger partial charge in [-0.3, -0.25) is 0 Å². The normalized spacial score (nSPS) is 38.1. The Morgan fingerprint density at radius 2 is 2.18 bits per heavy atom. The lowest BCUT2D eigenvalue weighted by atomic mass is 10.0. The second kappa shape index (κ2) is 1.51. The van der Waals surface area contributed by atoms with Gasteiger partial charge in [-0.2, -0.15) is 0 Å². The van der Waals surface area contributed by atoms with Crippen molar-refractivity contribution in [2.75, 3.05) is 0 Å². The Hall–Kier alpha value is -0.820. The van der Waals surface area contributed by atoms with Crippen LogP contribution in [0.5, 0.6) is 0 Å². The first-order valence-corrected chi connectivity index (χ1v) is 4.18. The molecule has 2 aliphatic rings. The van der Waals surface area contributed by atoms with Gasteiger partial charge in [-0.1, -0.05) is 24.3 Å². The van der Waals surface area contributed by atoms with Crippen LogP contribution in [-0.4, -0.2) is 0 Å². The molecular weight excluding hydrogens is 134 g/mol. The Labute approximate surface area is 66.2 Å². The highest BCUT2D eigenvalue weighted by Crippen LogP contribution is 2.57. The van der Waals surface area contributed by atoms with E-state index in [1.165, 1.54) is 24.0 Å². The van der Waals surface area contributed by atoms with E-state index in [9.17, 15) is 0 Å². The number of hydrogen-bond donors (Lipinski definition) is 1. The first-order valence-electron chi connectivity index (χ1n) is 4.18. The zero-order valence-electron chi connectivity index (χ0n) is 6.38. The van der Waals surface area contributed by atoms with Crippen molar-refractivity contribution < 1.29 is 0 Å². The molecule has 0 bridgehead atoms. The van der Waals surface area contributed by atoms with Crippen molar-refractivity contribution in [3.05, 3.63) is 35.4 Å². The van der Waals surface area contributed by atoms with Gasteiger partial charge in [-0.25, -0.2) is 0 Å². The van der Waals surface area contributed by atoms with E-state index in [1.807, 2.05) is 0 Å². The topological polar surface area (TPSA) is 26.0 Å². The number of fused-ring (bicyclic) bond motifs is 3. The predicted octanol–water partition coefficient (Wildman–Crippen LogP) is 1.42. The van der Waals surface area contributed by atoms with E-state index in [-0.39, 0.29) is 5.54 Å². The third-order valence-electron chi connectivity index (χ3n) is 3.14. The van der Waals surface area contributed by atoms with Crippen LogP contribution < -0.4 is 5.73 Å². The third-order valence-corrected chi connectivity index (χ3v) is 3.14. The molecular formula is C10H11N. The summed E-state index contributed by atoms with van der Waals surface area (Å²) in [5, 5.41) is 0. The minimum absolute atomic E-state index is 0.0938. The molecule has 0 heterocycles. The molecule has 0 amide bonds. The first-order chi connectivity index (χ1) is 5.31. The largest absolute Gasteiger partial charge is 0.321 e. The van der Waals surface area contributed by atoms with Gasteiger partial charge in [0.2, 0.25) is 0 Å². The summed E-state index contributed by atoms with van der Waals surface area (Å²) in [6, 6.07) is 8.58. The standard InChI is InChI=1S/C10H11N/c11-10-6-8(10)5-7-3-1-2-4-9(7)10/h1-4,8H,5-6,11H2. The lowest BCUT2D eigenvalue weighted by Gasteiger charge is -2.07. The summed E-state index contributed by atoms with van der Waals surface area (Å²) in [6.07, 6.45) is 2.43. The van der Waals surface area contributed by atoms with Gasteiger partial charge in [0.05, 0.1) is 0 Å². The van der Waals surface area contributed by atoms with Crippen LogP contribution in [0.1, 0.15) is 17.5 Å². The molecule has 1 aromatic carbocycles. The van der Waals surface area contributed by atoms with Gasteiger partial charge in [0.1, 0.15) is 0 Å². The fraction of sp³-hybridized carbons (Fsp3) is 0.400. The highest BCUT2D eigenvalue weighted by Gasteiger charge is 2.56. The van der Waals surface area contributed by atoms with Crippen LogP contribution in [0.25, 0.3) is 0 Å². The molecule has 2 atom stereocenters. The molecule has 0 spiro atoms. The maximum Gasteiger partial charge on any atom is 0.0448 e. The van der Waals surface area contributed by atoms with Gasteiger partial charge < -0.3 is 5.73 Å². The van der Waals surface area contributed by atoms with E-state index < -0.39 is 0 Å². The quantitative estimate of drug-likeness (QED) is 0.587. The zero-order chi connectivity index (χ0) is 7.47. The average Bonchev–Trinajstić information content (AvgIpc) is 2.57. The molecule has 11 heavy (non-hydrogen) atoms. The van der Waals surface area contributed by atoms with Crippen LogP contribution in [-0.2, 0) is 12.0 Å². The molecule has 1 heteroatoms. The average molecular weight is 145 g/mol. The van der Waals surface area contributed by atoms with Gasteiger partial charge >= 0.3 is 0 Å². The minimum Gasteiger partial charge on any atom is -0.321 e. The summed E-state index contributed by atoms with van der Waals surface area (Å²) in [7, 11) is 0. The number of hydrogen-bond acceptors (Lipinski definition) is 1. The summed E-state index contributed by atoms with van der Waals surface area (Å²) in [5.74, 6) is 0.764. The maximum absolute atomic E-state index is 6.16. The summed E-state index contributed by atoms with van der Waals surface area (Å²) in [6.45, 7) is 0. The molecule has 1 fully saturated rings. The van der Waals surface area contributed by atoms with Gasteiger partial charge in [-0.15, -0.1) is 0 Å². The molecule has 2 N–H and O–H groups in total. The third kappa shape index (κ3) is 0.556. The van der Waals surface area contributed by atoms with Crippen molar-refractivity contribution in [1.82, 2.24) is 0 Å². The summed E-state index contributed by atoms with van der Waals surface area (Å²) >= 11 is 0. The maximum atomic E-state index is 6.16. The SMILES string of the molecule is NC12CC1Cc1ccccc12. The highest BCUT2D eigenvalue weighted by atomic mass is 14.9. The lowest BCUT2D eigenvalue weighted by molar-refractivity contribution is 0.684. The zero-order valence-corrected chi connectivity index (χ0v) is 6.38. The van der Waals surface area contributed by atoms with Crippen LogP contribution >= 0.6 is 0 Å². The Bertz CT molecular complexity index is 318. The molecule has 1 saturated carbocycles. The van der Waals surface area contributed by atoms with Gasteiger partial charge in [0.15, 0.2) is 0 Å². The predicted molar refractivity (Wildman–Crippen MR) is 44.1 cm³/mol. The van der Waals surface area contributed by atoms with Crippen molar-refractivity contribution in [3.63, 3.8) is 0 Å². The number of benzene rings is 1. The van der Waals surface area contributed by atoms with Crippen molar-refractivity contribution in [1.29, 1.82) is 0 Å². The van der Waals surface area contributed by atoms with E-state index in [2.05, 4.69) is 24.3 Å². The van der Waals surface area contributed by atoms with Crippen LogP contribution in [0.2, 0.25) is 0 Å². The second-order valence-corrected chi connectivity index (χ2v) is 3.80. The Kier molecular flexibility index (Phi) is 0.793. The smallest absolute Gasteiger partial charge is 0.0448 e. The Morgan fingerprint density at radius 1 is 1.36 bits per heavy atom. The lowest BCUT2D eigenvalue weighted by Crippen LogP contribution is -2.18. The van der Waals surface area contributed by atoms with Crippen LogP contribution in [0.15, 0.2) is 24.3 Å². The van der Waals surface area contributed by atoms with E-state index in [0.717, 1.165) is 5.92 Å². The molecule has 3 rings (SSSR count). The Balaban J connectivity index is 2.24. The summed E-state index contributed by atoms with van der Waals surface area (Å²) in [5.41, 5.74) is 9.14. The molecule has 0 saturated heterocycles. The number of nitrogens with two attached hydrogens (primary N) is 1. The van der Waals surface area contributed by atoms with Crippen molar-refractivity contribution >= 4 is 0 Å². The van der Waals surface area contributed by atoms with Crippen molar-refractivity contribution in [3.8, 4) is 0 Å². The first kappa shape index (κ1) is 5.78. The highest BCUT2D eigenvalue weighted by molar-refractivity contribution is 5.45. The fourth-order valence-corrected chi connectivity index (χ4v) is 2.35.